The first-order valence-electron chi connectivity index (χ1n) is 10.9. The fourth-order valence-electron chi connectivity index (χ4n) is 3.44. The van der Waals surface area contributed by atoms with Crippen LogP contribution in [0, 0.1) is 11.6 Å². The molecule has 180 valence electrons. The molecule has 1 amide bonds. The molecule has 0 aliphatic heterocycles. The van der Waals surface area contributed by atoms with Crippen LogP contribution in [0.3, 0.4) is 0 Å². The Morgan fingerprint density at radius 2 is 1.69 bits per heavy atom. The summed E-state index contributed by atoms with van der Waals surface area (Å²) in [4.78, 5) is 14.5. The summed E-state index contributed by atoms with van der Waals surface area (Å²) >= 11 is 1.25. The van der Waals surface area contributed by atoms with Crippen molar-refractivity contribution in [2.45, 2.75) is 24.7 Å². The standard InChI is InChI=1S/C26H24F2N4O2S/c1-18(19-12-14-20(27)15-13-19)31(2)25(33)17-35-26-30-29-24(32(26)21-8-4-3-5-9-21)16-34-23-11-7-6-10-22(23)28/h3-15,18H,16-17H2,1-2H3/t18-/m1/s1. The summed E-state index contributed by atoms with van der Waals surface area (Å²) in [5, 5.41) is 9.01. The monoisotopic (exact) mass is 494 g/mol. The van der Waals surface area contributed by atoms with E-state index in [0.717, 1.165) is 11.3 Å². The summed E-state index contributed by atoms with van der Waals surface area (Å²) in [5.41, 5.74) is 1.64. The Morgan fingerprint density at radius 3 is 2.40 bits per heavy atom. The third-order valence-electron chi connectivity index (χ3n) is 5.56. The number of nitrogens with zero attached hydrogens (tertiary/aromatic N) is 4. The van der Waals surface area contributed by atoms with Crippen LogP contribution >= 0.6 is 11.8 Å². The summed E-state index contributed by atoms with van der Waals surface area (Å²) in [5.74, 6) is -0.171. The van der Waals surface area contributed by atoms with E-state index in [1.165, 1.54) is 30.0 Å². The maximum absolute atomic E-state index is 14.0. The van der Waals surface area contributed by atoms with Crippen molar-refractivity contribution in [1.82, 2.24) is 19.7 Å². The predicted octanol–water partition coefficient (Wildman–Crippen LogP) is 5.44. The van der Waals surface area contributed by atoms with Crippen molar-refractivity contribution in [3.8, 4) is 11.4 Å². The maximum Gasteiger partial charge on any atom is 0.233 e. The van der Waals surface area contributed by atoms with E-state index in [1.807, 2.05) is 37.3 Å². The summed E-state index contributed by atoms with van der Waals surface area (Å²) < 4.78 is 34.7. The van der Waals surface area contributed by atoms with Gasteiger partial charge in [0.1, 0.15) is 12.4 Å². The van der Waals surface area contributed by atoms with Crippen molar-refractivity contribution >= 4 is 17.7 Å². The highest BCUT2D eigenvalue weighted by molar-refractivity contribution is 7.99. The number of hydrogen-bond acceptors (Lipinski definition) is 5. The number of ether oxygens (including phenoxy) is 1. The van der Waals surface area contributed by atoms with Gasteiger partial charge in [0, 0.05) is 12.7 Å². The third-order valence-corrected chi connectivity index (χ3v) is 6.47. The fraction of sp³-hybridized carbons (Fsp3) is 0.192. The Labute approximate surface area is 206 Å². The number of hydrogen-bond donors (Lipinski definition) is 0. The summed E-state index contributed by atoms with van der Waals surface area (Å²) in [6.07, 6.45) is 0. The Morgan fingerprint density at radius 1 is 1.00 bits per heavy atom. The lowest BCUT2D eigenvalue weighted by Crippen LogP contribution is -2.31. The number of carbonyl (C=O) groups is 1. The van der Waals surface area contributed by atoms with Gasteiger partial charge in [-0.1, -0.05) is 54.2 Å². The first-order chi connectivity index (χ1) is 16.9. The molecule has 35 heavy (non-hydrogen) atoms. The van der Waals surface area contributed by atoms with E-state index in [1.54, 1.807) is 46.8 Å². The minimum Gasteiger partial charge on any atom is -0.483 e. The van der Waals surface area contributed by atoms with Gasteiger partial charge < -0.3 is 9.64 Å². The van der Waals surface area contributed by atoms with Crippen molar-refractivity contribution in [1.29, 1.82) is 0 Å². The molecule has 0 aliphatic rings. The van der Waals surface area contributed by atoms with Gasteiger partial charge in [-0.15, -0.1) is 10.2 Å². The lowest BCUT2D eigenvalue weighted by Gasteiger charge is -2.25. The summed E-state index contributed by atoms with van der Waals surface area (Å²) in [6.45, 7) is 1.89. The Kier molecular flexibility index (Phi) is 7.77. The van der Waals surface area contributed by atoms with Crippen LogP contribution in [0.2, 0.25) is 0 Å². The molecule has 1 heterocycles. The average Bonchev–Trinajstić information content (AvgIpc) is 3.29. The average molecular weight is 495 g/mol. The van der Waals surface area contributed by atoms with Gasteiger partial charge in [-0.2, -0.15) is 0 Å². The number of para-hydroxylation sites is 2. The number of thioether (sulfide) groups is 1. The molecule has 1 aromatic heterocycles. The Bertz CT molecular complexity index is 1280. The minimum atomic E-state index is -0.461. The van der Waals surface area contributed by atoms with Gasteiger partial charge in [0.2, 0.25) is 5.91 Å². The van der Waals surface area contributed by atoms with E-state index in [0.29, 0.717) is 11.0 Å². The molecule has 0 radical (unpaired) electrons. The molecule has 0 bridgehead atoms. The normalized spacial score (nSPS) is 11.8. The van der Waals surface area contributed by atoms with Gasteiger partial charge >= 0.3 is 0 Å². The number of rotatable bonds is 9. The van der Waals surface area contributed by atoms with Gasteiger partial charge in [0.15, 0.2) is 22.5 Å². The van der Waals surface area contributed by atoms with Crippen molar-refractivity contribution in [3.63, 3.8) is 0 Å². The first kappa shape index (κ1) is 24.4. The molecule has 0 unspecified atom stereocenters. The highest BCUT2D eigenvalue weighted by atomic mass is 32.2. The molecule has 6 nitrogen and oxygen atoms in total. The number of carbonyl (C=O) groups excluding carboxylic acids is 1. The van der Waals surface area contributed by atoms with Gasteiger partial charge in [0.05, 0.1) is 11.8 Å². The molecular formula is C26H24F2N4O2S. The van der Waals surface area contributed by atoms with Gasteiger partial charge in [-0.05, 0) is 48.9 Å². The Hall–Kier alpha value is -3.72. The number of aromatic nitrogens is 3. The zero-order valence-electron chi connectivity index (χ0n) is 19.3. The highest BCUT2D eigenvalue weighted by Gasteiger charge is 2.21. The van der Waals surface area contributed by atoms with E-state index < -0.39 is 5.82 Å². The van der Waals surface area contributed by atoms with Crippen LogP contribution < -0.4 is 4.74 Å². The third kappa shape index (κ3) is 5.86. The molecule has 0 saturated heterocycles. The molecule has 3 aromatic carbocycles. The molecule has 0 N–H and O–H groups in total. The van der Waals surface area contributed by atoms with Crippen LogP contribution in [0.5, 0.6) is 5.75 Å². The van der Waals surface area contributed by atoms with Crippen molar-refractivity contribution in [2.75, 3.05) is 12.8 Å². The fourth-order valence-corrected chi connectivity index (χ4v) is 4.33. The SMILES string of the molecule is C[C@H](c1ccc(F)cc1)N(C)C(=O)CSc1nnc(COc2ccccc2F)n1-c1ccccc1. The predicted molar refractivity (Wildman–Crippen MR) is 130 cm³/mol. The molecule has 0 aliphatic carbocycles. The van der Waals surface area contributed by atoms with Crippen LogP contribution in [-0.4, -0.2) is 38.4 Å². The first-order valence-corrected chi connectivity index (χ1v) is 11.9. The molecule has 0 spiro atoms. The molecular weight excluding hydrogens is 470 g/mol. The van der Waals surface area contributed by atoms with E-state index in [-0.39, 0.29) is 35.9 Å². The zero-order valence-corrected chi connectivity index (χ0v) is 20.1. The number of halogens is 2. The molecule has 0 fully saturated rings. The van der Waals surface area contributed by atoms with Gasteiger partial charge in [-0.3, -0.25) is 9.36 Å². The quantitative estimate of drug-likeness (QED) is 0.290. The van der Waals surface area contributed by atoms with E-state index in [9.17, 15) is 13.6 Å². The van der Waals surface area contributed by atoms with Crippen LogP contribution in [-0.2, 0) is 11.4 Å². The largest absolute Gasteiger partial charge is 0.483 e. The Balaban J connectivity index is 1.49. The second-order valence-electron chi connectivity index (χ2n) is 7.81. The van der Waals surface area contributed by atoms with Crippen molar-refractivity contribution < 1.29 is 18.3 Å². The van der Waals surface area contributed by atoms with Crippen LogP contribution in [0.1, 0.15) is 24.4 Å². The molecule has 4 rings (SSSR count). The van der Waals surface area contributed by atoms with Crippen LogP contribution in [0.15, 0.2) is 84.0 Å². The van der Waals surface area contributed by atoms with E-state index in [4.69, 9.17) is 4.74 Å². The number of benzene rings is 3. The minimum absolute atomic E-state index is 0.00115. The molecule has 0 saturated carbocycles. The molecule has 4 aromatic rings. The highest BCUT2D eigenvalue weighted by Crippen LogP contribution is 2.26. The smallest absolute Gasteiger partial charge is 0.233 e. The second-order valence-corrected chi connectivity index (χ2v) is 8.75. The topological polar surface area (TPSA) is 60.3 Å². The van der Waals surface area contributed by atoms with Crippen LogP contribution in [0.25, 0.3) is 5.69 Å². The molecule has 9 heteroatoms. The van der Waals surface area contributed by atoms with Gasteiger partial charge in [-0.25, -0.2) is 8.78 Å². The number of amides is 1. The maximum atomic E-state index is 14.0. The molecule has 1 atom stereocenters. The zero-order chi connectivity index (χ0) is 24.8. The van der Waals surface area contributed by atoms with Crippen molar-refractivity contribution in [3.05, 3.63) is 102 Å². The lowest BCUT2D eigenvalue weighted by atomic mass is 10.1. The van der Waals surface area contributed by atoms with Gasteiger partial charge in [0.25, 0.3) is 0 Å². The van der Waals surface area contributed by atoms with Crippen molar-refractivity contribution in [2.24, 2.45) is 0 Å². The second kappa shape index (κ2) is 11.1. The summed E-state index contributed by atoms with van der Waals surface area (Å²) in [7, 11) is 1.71. The lowest BCUT2D eigenvalue weighted by molar-refractivity contribution is -0.128. The van der Waals surface area contributed by atoms with Crippen LogP contribution in [0.4, 0.5) is 8.78 Å². The van der Waals surface area contributed by atoms with E-state index >= 15 is 0 Å². The summed E-state index contributed by atoms with van der Waals surface area (Å²) in [6, 6.07) is 21.5. The van der Waals surface area contributed by atoms with E-state index in [2.05, 4.69) is 10.2 Å².